The van der Waals surface area contributed by atoms with Crippen LogP contribution in [0.2, 0.25) is 0 Å². The molecule has 242 valence electrons. The lowest BCUT2D eigenvalue weighted by Gasteiger charge is -2.23. The van der Waals surface area contributed by atoms with Gasteiger partial charge in [0.05, 0.1) is 5.48 Å². The molecule has 0 unspecified atom stereocenters. The maximum Gasteiger partial charge on any atom is 0.0629 e. The van der Waals surface area contributed by atoms with Crippen molar-refractivity contribution >= 4 is 43.1 Å². The summed E-state index contributed by atoms with van der Waals surface area (Å²) in [5.74, 6) is 0. The van der Waals surface area contributed by atoms with Crippen molar-refractivity contribution in [1.82, 2.24) is 0 Å². The smallest absolute Gasteiger partial charge is 0.0622 e. The summed E-state index contributed by atoms with van der Waals surface area (Å²) in [6, 6.07) is 62.2. The van der Waals surface area contributed by atoms with Crippen molar-refractivity contribution in [3.05, 3.63) is 206 Å². The van der Waals surface area contributed by atoms with Crippen LogP contribution in [-0.2, 0) is 0 Å². The highest BCUT2D eigenvalue weighted by Crippen LogP contribution is 2.50. The van der Waals surface area contributed by atoms with Crippen LogP contribution < -0.4 is 0 Å². The van der Waals surface area contributed by atoms with Crippen LogP contribution in [0.1, 0.15) is 5.48 Å². The van der Waals surface area contributed by atoms with E-state index in [0.29, 0.717) is 10.8 Å². The van der Waals surface area contributed by atoms with Gasteiger partial charge in [0.1, 0.15) is 0 Å². The van der Waals surface area contributed by atoms with Crippen molar-refractivity contribution in [2.24, 2.45) is 0 Å². The second-order valence-electron chi connectivity index (χ2n) is 13.3. The predicted octanol–water partition coefficient (Wildman–Crippen LogP) is 14.6. The first-order chi connectivity index (χ1) is 27.5. The highest BCUT2D eigenvalue weighted by atomic mass is 14.3. The van der Waals surface area contributed by atoms with Gasteiger partial charge in [-0.15, -0.1) is 0 Å². The van der Waals surface area contributed by atoms with Crippen LogP contribution >= 0.6 is 0 Å². The van der Waals surface area contributed by atoms with Gasteiger partial charge in [-0.2, -0.15) is 0 Å². The van der Waals surface area contributed by atoms with E-state index < -0.39 is 0 Å². The van der Waals surface area contributed by atoms with E-state index in [0.717, 1.165) is 77.2 Å². The molecule has 0 atom stereocenters. The van der Waals surface area contributed by atoms with Crippen LogP contribution in [0, 0.1) is 0 Å². The van der Waals surface area contributed by atoms with E-state index in [1.165, 1.54) is 10.8 Å². The third-order valence-electron chi connectivity index (χ3n) is 10.4. The standard InChI is InChI=1S/C52H34/c1-3-17-36(18-4-1)41-28-15-29-42(37-19-5-2-6-20-37)51(41)52-47-26-13-11-24-45(47)50(46-25-12-14-27-48(46)52)49-33-32-40(43-22-9-10-23-44(43)49)39-31-30-35-16-7-8-21-38(35)34-39/h1-34H/i11D,13D,24D,26D. The van der Waals surface area contributed by atoms with Crippen molar-refractivity contribution in [2.45, 2.75) is 0 Å². The summed E-state index contributed by atoms with van der Waals surface area (Å²) in [4.78, 5) is 0. The molecule has 10 aromatic carbocycles. The predicted molar refractivity (Wildman–Crippen MR) is 224 cm³/mol. The van der Waals surface area contributed by atoms with Gasteiger partial charge in [0.15, 0.2) is 0 Å². The van der Waals surface area contributed by atoms with Gasteiger partial charge in [0.25, 0.3) is 0 Å². The van der Waals surface area contributed by atoms with E-state index >= 15 is 0 Å². The van der Waals surface area contributed by atoms with Crippen molar-refractivity contribution in [3.8, 4) is 55.6 Å². The van der Waals surface area contributed by atoms with Crippen molar-refractivity contribution < 1.29 is 5.48 Å². The average Bonchev–Trinajstić information content (AvgIpc) is 3.26. The average molecular weight is 663 g/mol. The SMILES string of the molecule is [2H]c1c([2H])c([2H])c2c(-c3ccc(-c4ccc5ccccc5c4)c4ccccc34)c3ccccc3c(-c3c(-c4ccccc4)cccc3-c3ccccc3)c2c1[2H]. The van der Waals surface area contributed by atoms with Crippen LogP contribution in [0.3, 0.4) is 0 Å². The Labute approximate surface area is 309 Å². The molecule has 0 aromatic heterocycles. The Bertz CT molecular complexity index is 3110. The Balaban J connectivity index is 1.37. The summed E-state index contributed by atoms with van der Waals surface area (Å²) in [5, 5.41) is 7.31. The fourth-order valence-corrected chi connectivity index (χ4v) is 8.08. The molecule has 0 amide bonds. The van der Waals surface area contributed by atoms with Gasteiger partial charge < -0.3 is 0 Å². The molecule has 0 radical (unpaired) electrons. The van der Waals surface area contributed by atoms with Crippen LogP contribution in [0.15, 0.2) is 206 Å². The lowest BCUT2D eigenvalue weighted by Crippen LogP contribution is -1.96. The van der Waals surface area contributed by atoms with E-state index in [9.17, 15) is 2.74 Å². The van der Waals surface area contributed by atoms with Gasteiger partial charge >= 0.3 is 0 Å². The molecule has 0 N–H and O–H groups in total. The molecule has 0 spiro atoms. The van der Waals surface area contributed by atoms with Gasteiger partial charge in [-0.25, -0.2) is 0 Å². The zero-order valence-electron chi connectivity index (χ0n) is 32.3. The van der Waals surface area contributed by atoms with Gasteiger partial charge in [-0.05, 0) is 105 Å². The minimum Gasteiger partial charge on any atom is -0.0622 e. The van der Waals surface area contributed by atoms with Gasteiger partial charge in [-0.1, -0.05) is 200 Å². The first kappa shape index (κ1) is 26.1. The molecule has 0 fully saturated rings. The fraction of sp³-hybridized carbons (Fsp3) is 0. The first-order valence-corrected chi connectivity index (χ1v) is 17.7. The van der Waals surface area contributed by atoms with E-state index in [2.05, 4.69) is 127 Å². The number of hydrogen-bond donors (Lipinski definition) is 0. The summed E-state index contributed by atoms with van der Waals surface area (Å²) < 4.78 is 37.4. The maximum atomic E-state index is 9.69. The monoisotopic (exact) mass is 662 g/mol. The Morgan fingerprint density at radius 1 is 0.269 bits per heavy atom. The van der Waals surface area contributed by atoms with E-state index in [1.807, 2.05) is 54.6 Å². The second-order valence-corrected chi connectivity index (χ2v) is 13.3. The van der Waals surface area contributed by atoms with Crippen molar-refractivity contribution in [1.29, 1.82) is 0 Å². The molecule has 0 aliphatic heterocycles. The molecule has 0 saturated carbocycles. The Morgan fingerprint density at radius 3 is 1.42 bits per heavy atom. The van der Waals surface area contributed by atoms with Crippen molar-refractivity contribution in [3.63, 3.8) is 0 Å². The minimum absolute atomic E-state index is 0.0517. The molecule has 0 saturated heterocycles. The molecule has 0 aliphatic carbocycles. The van der Waals surface area contributed by atoms with Gasteiger partial charge in [-0.3, -0.25) is 0 Å². The number of hydrogen-bond acceptors (Lipinski definition) is 0. The number of fused-ring (bicyclic) bond motifs is 4. The zero-order chi connectivity index (χ0) is 37.9. The summed E-state index contributed by atoms with van der Waals surface area (Å²) in [6.45, 7) is 0. The third-order valence-corrected chi connectivity index (χ3v) is 10.4. The molecular weight excluding hydrogens is 625 g/mol. The van der Waals surface area contributed by atoms with Gasteiger partial charge in [0, 0.05) is 0 Å². The minimum atomic E-state index is -0.250. The van der Waals surface area contributed by atoms with E-state index in [1.54, 1.807) is 0 Å². The van der Waals surface area contributed by atoms with E-state index in [4.69, 9.17) is 2.74 Å². The first-order valence-electron chi connectivity index (χ1n) is 19.7. The molecule has 52 heavy (non-hydrogen) atoms. The molecule has 0 heteroatoms. The summed E-state index contributed by atoms with van der Waals surface area (Å²) in [7, 11) is 0. The molecular formula is C52H34. The maximum absolute atomic E-state index is 9.69. The van der Waals surface area contributed by atoms with Crippen LogP contribution in [0.5, 0.6) is 0 Å². The lowest BCUT2D eigenvalue weighted by molar-refractivity contribution is 1.58. The topological polar surface area (TPSA) is 0 Å². The fourth-order valence-electron chi connectivity index (χ4n) is 8.08. The summed E-state index contributed by atoms with van der Waals surface area (Å²) in [6.07, 6.45) is 0. The highest BCUT2D eigenvalue weighted by Gasteiger charge is 2.23. The van der Waals surface area contributed by atoms with E-state index in [-0.39, 0.29) is 24.2 Å². The Morgan fingerprint density at radius 2 is 0.769 bits per heavy atom. The molecule has 0 bridgehead atoms. The van der Waals surface area contributed by atoms with Crippen LogP contribution in [0.4, 0.5) is 0 Å². The highest BCUT2D eigenvalue weighted by molar-refractivity contribution is 6.26. The molecule has 10 aromatic rings. The molecule has 10 rings (SSSR count). The zero-order valence-corrected chi connectivity index (χ0v) is 28.3. The largest absolute Gasteiger partial charge is 0.0629 e. The second kappa shape index (κ2) is 12.5. The number of benzene rings is 10. The Kier molecular flexibility index (Phi) is 6.29. The Hall–Kier alpha value is -6.76. The summed E-state index contributed by atoms with van der Waals surface area (Å²) in [5.41, 5.74) is 9.69. The summed E-state index contributed by atoms with van der Waals surface area (Å²) >= 11 is 0. The molecule has 0 aliphatic rings. The van der Waals surface area contributed by atoms with Crippen LogP contribution in [0.25, 0.3) is 98.7 Å². The number of rotatable bonds is 5. The normalized spacial score (nSPS) is 12.5. The van der Waals surface area contributed by atoms with Gasteiger partial charge in [0.2, 0.25) is 0 Å². The molecule has 0 nitrogen and oxygen atoms in total. The van der Waals surface area contributed by atoms with Crippen LogP contribution in [-0.4, -0.2) is 0 Å². The third kappa shape index (κ3) is 4.92. The van der Waals surface area contributed by atoms with Crippen molar-refractivity contribution in [2.75, 3.05) is 0 Å². The molecule has 0 heterocycles. The lowest BCUT2D eigenvalue weighted by atomic mass is 9.80. The quantitative estimate of drug-likeness (QED) is 0.161.